The van der Waals surface area contributed by atoms with Crippen LogP contribution < -0.4 is 15.5 Å². The highest BCUT2D eigenvalue weighted by molar-refractivity contribution is 5.80. The van der Waals surface area contributed by atoms with Crippen molar-refractivity contribution in [1.29, 1.82) is 0 Å². The molecule has 0 saturated carbocycles. The van der Waals surface area contributed by atoms with Gasteiger partial charge in [0.2, 0.25) is 0 Å². The molecule has 2 N–H and O–H groups in total. The van der Waals surface area contributed by atoms with Gasteiger partial charge in [0.1, 0.15) is 0 Å². The highest BCUT2D eigenvalue weighted by Crippen LogP contribution is 2.19. The molecule has 1 heterocycles. The quantitative estimate of drug-likeness (QED) is 0.646. The van der Waals surface area contributed by atoms with Gasteiger partial charge in [-0.1, -0.05) is 32.0 Å². The van der Waals surface area contributed by atoms with E-state index in [2.05, 4.69) is 71.6 Å². The number of benzene rings is 1. The van der Waals surface area contributed by atoms with Gasteiger partial charge in [-0.05, 0) is 31.4 Å². The van der Waals surface area contributed by atoms with Crippen molar-refractivity contribution < 1.29 is 0 Å². The van der Waals surface area contributed by atoms with E-state index in [1.165, 1.54) is 5.69 Å². The fourth-order valence-electron chi connectivity index (χ4n) is 2.54. The van der Waals surface area contributed by atoms with Gasteiger partial charge in [-0.3, -0.25) is 4.99 Å². The molecule has 116 valence electrons. The predicted octanol–water partition coefficient (Wildman–Crippen LogP) is 2.48. The highest BCUT2D eigenvalue weighted by atomic mass is 15.2. The molecule has 1 aliphatic rings. The van der Waals surface area contributed by atoms with Crippen molar-refractivity contribution in [2.24, 2.45) is 10.9 Å². The lowest BCUT2D eigenvalue weighted by molar-refractivity contribution is 0.628. The van der Waals surface area contributed by atoms with Crippen LogP contribution in [0.25, 0.3) is 0 Å². The summed E-state index contributed by atoms with van der Waals surface area (Å²) in [4.78, 5) is 7.08. The Morgan fingerprint density at radius 3 is 2.76 bits per heavy atom. The molecule has 1 aliphatic heterocycles. The summed E-state index contributed by atoms with van der Waals surface area (Å²) < 4.78 is 0. The molecule has 0 aromatic heterocycles. The molecule has 0 bridgehead atoms. The third kappa shape index (κ3) is 4.96. The number of para-hydroxylation sites is 1. The molecular formula is C17H28N4. The Labute approximate surface area is 128 Å². The topological polar surface area (TPSA) is 39.7 Å². The van der Waals surface area contributed by atoms with E-state index < -0.39 is 0 Å². The second kappa shape index (κ2) is 7.91. The Morgan fingerprint density at radius 2 is 2.10 bits per heavy atom. The van der Waals surface area contributed by atoms with Crippen LogP contribution in [0.2, 0.25) is 0 Å². The van der Waals surface area contributed by atoms with Crippen LogP contribution in [0.5, 0.6) is 0 Å². The maximum Gasteiger partial charge on any atom is 0.191 e. The molecule has 1 fully saturated rings. The molecule has 1 saturated heterocycles. The third-order valence-electron chi connectivity index (χ3n) is 3.61. The first-order chi connectivity index (χ1) is 10.2. The molecule has 0 amide bonds. The lowest BCUT2D eigenvalue weighted by atomic mass is 10.2. The minimum absolute atomic E-state index is 0.468. The number of aliphatic imine (C=N–C) groups is 1. The molecule has 1 aromatic rings. The van der Waals surface area contributed by atoms with Crippen molar-refractivity contribution in [2.75, 3.05) is 31.1 Å². The van der Waals surface area contributed by atoms with Gasteiger partial charge >= 0.3 is 0 Å². The molecular weight excluding hydrogens is 260 g/mol. The van der Waals surface area contributed by atoms with Gasteiger partial charge in [0.25, 0.3) is 0 Å². The number of nitrogens with one attached hydrogen (secondary N) is 2. The van der Waals surface area contributed by atoms with Gasteiger partial charge in [0.15, 0.2) is 5.96 Å². The van der Waals surface area contributed by atoms with Crippen molar-refractivity contribution in [2.45, 2.75) is 33.2 Å². The van der Waals surface area contributed by atoms with Crippen molar-refractivity contribution in [3.05, 3.63) is 30.3 Å². The summed E-state index contributed by atoms with van der Waals surface area (Å²) in [5.41, 5.74) is 1.31. The van der Waals surface area contributed by atoms with Gasteiger partial charge in [-0.25, -0.2) is 0 Å². The molecule has 21 heavy (non-hydrogen) atoms. The number of anilines is 1. The van der Waals surface area contributed by atoms with Crippen LogP contribution in [-0.2, 0) is 0 Å². The van der Waals surface area contributed by atoms with E-state index in [0.717, 1.165) is 38.6 Å². The molecule has 1 unspecified atom stereocenters. The van der Waals surface area contributed by atoms with Crippen molar-refractivity contribution in [3.8, 4) is 0 Å². The molecule has 1 aromatic carbocycles. The number of nitrogens with zero attached hydrogens (tertiary/aromatic N) is 2. The van der Waals surface area contributed by atoms with E-state index in [-0.39, 0.29) is 0 Å². The summed E-state index contributed by atoms with van der Waals surface area (Å²) in [6.45, 7) is 10.4. The second-order valence-corrected chi connectivity index (χ2v) is 6.02. The summed E-state index contributed by atoms with van der Waals surface area (Å²) in [7, 11) is 0. The fourth-order valence-corrected chi connectivity index (χ4v) is 2.54. The average Bonchev–Trinajstić information content (AvgIpc) is 2.94. The Morgan fingerprint density at radius 1 is 1.33 bits per heavy atom. The molecule has 1 atom stereocenters. The van der Waals surface area contributed by atoms with E-state index in [9.17, 15) is 0 Å². The summed E-state index contributed by atoms with van der Waals surface area (Å²) in [5, 5.41) is 6.91. The largest absolute Gasteiger partial charge is 0.369 e. The first-order valence-electron chi connectivity index (χ1n) is 8.04. The summed E-state index contributed by atoms with van der Waals surface area (Å²) >= 11 is 0. The highest BCUT2D eigenvalue weighted by Gasteiger charge is 2.23. The minimum atomic E-state index is 0.468. The van der Waals surface area contributed by atoms with E-state index in [0.29, 0.717) is 12.0 Å². The van der Waals surface area contributed by atoms with Gasteiger partial charge < -0.3 is 15.5 Å². The molecule has 0 radical (unpaired) electrons. The van der Waals surface area contributed by atoms with Crippen LogP contribution in [0.15, 0.2) is 35.3 Å². The summed E-state index contributed by atoms with van der Waals surface area (Å²) in [6, 6.07) is 11.1. The average molecular weight is 288 g/mol. The SMILES string of the molecule is CCNC(=NCC(C)C)NC1CCN(c2ccccc2)C1. The van der Waals surface area contributed by atoms with Gasteiger partial charge in [0, 0.05) is 37.9 Å². The van der Waals surface area contributed by atoms with Gasteiger partial charge in [-0.15, -0.1) is 0 Å². The van der Waals surface area contributed by atoms with Crippen LogP contribution in [0.4, 0.5) is 5.69 Å². The van der Waals surface area contributed by atoms with E-state index >= 15 is 0 Å². The number of guanidine groups is 1. The van der Waals surface area contributed by atoms with Crippen molar-refractivity contribution >= 4 is 11.6 Å². The maximum atomic E-state index is 4.65. The molecule has 0 spiro atoms. The Bertz CT molecular complexity index is 441. The maximum absolute atomic E-state index is 4.65. The van der Waals surface area contributed by atoms with Gasteiger partial charge in [0.05, 0.1) is 0 Å². The number of hydrogen-bond donors (Lipinski definition) is 2. The van der Waals surface area contributed by atoms with Crippen molar-refractivity contribution in [3.63, 3.8) is 0 Å². The molecule has 4 heteroatoms. The zero-order chi connectivity index (χ0) is 15.1. The predicted molar refractivity (Wildman–Crippen MR) is 91.0 cm³/mol. The molecule has 2 rings (SSSR count). The number of rotatable bonds is 5. The number of hydrogen-bond acceptors (Lipinski definition) is 2. The van der Waals surface area contributed by atoms with E-state index in [1.807, 2.05) is 0 Å². The third-order valence-corrected chi connectivity index (χ3v) is 3.61. The first kappa shape index (κ1) is 15.7. The van der Waals surface area contributed by atoms with Crippen LogP contribution in [0.3, 0.4) is 0 Å². The molecule has 0 aliphatic carbocycles. The Hall–Kier alpha value is -1.71. The zero-order valence-electron chi connectivity index (χ0n) is 13.5. The van der Waals surface area contributed by atoms with Crippen LogP contribution in [-0.4, -0.2) is 38.2 Å². The first-order valence-corrected chi connectivity index (χ1v) is 8.04. The minimum Gasteiger partial charge on any atom is -0.369 e. The summed E-state index contributed by atoms with van der Waals surface area (Å²) in [5.74, 6) is 1.54. The van der Waals surface area contributed by atoms with Crippen molar-refractivity contribution in [1.82, 2.24) is 10.6 Å². The lowest BCUT2D eigenvalue weighted by Gasteiger charge is -2.20. The smallest absolute Gasteiger partial charge is 0.191 e. The normalized spacial score (nSPS) is 19.1. The molecule has 4 nitrogen and oxygen atoms in total. The standard InChI is InChI=1S/C17H28N4/c1-4-18-17(19-12-14(2)3)20-15-10-11-21(13-15)16-8-6-5-7-9-16/h5-9,14-15H,4,10-13H2,1-3H3,(H2,18,19,20). The Kier molecular flexibility index (Phi) is 5.90. The Balaban J connectivity index is 1.89. The van der Waals surface area contributed by atoms with Crippen LogP contribution in [0, 0.1) is 5.92 Å². The zero-order valence-corrected chi connectivity index (χ0v) is 13.5. The monoisotopic (exact) mass is 288 g/mol. The fraction of sp³-hybridized carbons (Fsp3) is 0.588. The lowest BCUT2D eigenvalue weighted by Crippen LogP contribution is -2.44. The van der Waals surface area contributed by atoms with E-state index in [4.69, 9.17) is 0 Å². The van der Waals surface area contributed by atoms with Crippen LogP contribution >= 0.6 is 0 Å². The van der Waals surface area contributed by atoms with Gasteiger partial charge in [-0.2, -0.15) is 0 Å². The summed E-state index contributed by atoms with van der Waals surface area (Å²) in [6.07, 6.45) is 1.15. The second-order valence-electron chi connectivity index (χ2n) is 6.02. The van der Waals surface area contributed by atoms with Crippen LogP contribution in [0.1, 0.15) is 27.2 Å². The van der Waals surface area contributed by atoms with E-state index in [1.54, 1.807) is 0 Å².